The summed E-state index contributed by atoms with van der Waals surface area (Å²) in [4.78, 5) is 44.2. The molecule has 1 heterocycles. The summed E-state index contributed by atoms with van der Waals surface area (Å²) in [6, 6.07) is 16.0. The lowest BCUT2D eigenvalue weighted by Crippen LogP contribution is -2.34. The predicted octanol–water partition coefficient (Wildman–Crippen LogP) is 4.42. The number of carbonyl (C=O) groups is 3. The molecule has 0 N–H and O–H groups in total. The van der Waals surface area contributed by atoms with Gasteiger partial charge in [-0.25, -0.2) is 14.6 Å². The van der Waals surface area contributed by atoms with Crippen LogP contribution in [-0.2, 0) is 20.8 Å². The number of rotatable bonds is 10. The number of anilines is 1. The minimum Gasteiger partial charge on any atom is -0.493 e. The summed E-state index contributed by atoms with van der Waals surface area (Å²) in [5.74, 6) is -1.25. The smallest absolute Gasteiger partial charge is 0.350 e. The molecule has 3 aromatic rings. The van der Waals surface area contributed by atoms with Gasteiger partial charge in [-0.15, -0.1) is 0 Å². The standard InChI is InChI=1S/C25H26N2O6S/c1-4-31-20-14-10-9-13-19(20)23(29)33-16-21(28)27(15-18-11-7-6-8-12-18)25-26-17(3)22(34-25)24(30)32-5-2/h6-14H,4-5,15-16H2,1-3H3. The normalized spacial score (nSPS) is 10.4. The Balaban J connectivity index is 1.81. The Labute approximate surface area is 202 Å². The van der Waals surface area contributed by atoms with Crippen LogP contribution in [0.4, 0.5) is 5.13 Å². The van der Waals surface area contributed by atoms with Crippen LogP contribution in [0.1, 0.15) is 45.1 Å². The molecule has 8 nitrogen and oxygen atoms in total. The molecule has 3 rings (SSSR count). The summed E-state index contributed by atoms with van der Waals surface area (Å²) in [5.41, 5.74) is 1.56. The molecule has 178 valence electrons. The largest absolute Gasteiger partial charge is 0.493 e. The first-order valence-electron chi connectivity index (χ1n) is 10.8. The van der Waals surface area contributed by atoms with Crippen molar-refractivity contribution >= 4 is 34.3 Å². The third kappa shape index (κ3) is 6.20. The van der Waals surface area contributed by atoms with Crippen LogP contribution in [-0.4, -0.2) is 42.7 Å². The molecule has 34 heavy (non-hydrogen) atoms. The van der Waals surface area contributed by atoms with E-state index in [0.29, 0.717) is 28.1 Å². The lowest BCUT2D eigenvalue weighted by Gasteiger charge is -2.20. The molecule has 0 saturated carbocycles. The van der Waals surface area contributed by atoms with Crippen molar-refractivity contribution in [1.82, 2.24) is 4.98 Å². The Morgan fingerprint density at radius 2 is 1.62 bits per heavy atom. The number of ether oxygens (including phenoxy) is 3. The summed E-state index contributed by atoms with van der Waals surface area (Å²) >= 11 is 1.06. The van der Waals surface area contributed by atoms with Gasteiger partial charge < -0.3 is 14.2 Å². The molecular weight excluding hydrogens is 456 g/mol. The molecule has 0 aliphatic carbocycles. The minimum absolute atomic E-state index is 0.196. The molecule has 2 aromatic carbocycles. The molecule has 0 spiro atoms. The van der Waals surface area contributed by atoms with E-state index in [1.807, 2.05) is 37.3 Å². The minimum atomic E-state index is -0.667. The van der Waals surface area contributed by atoms with Crippen molar-refractivity contribution in [3.63, 3.8) is 0 Å². The van der Waals surface area contributed by atoms with Crippen LogP contribution in [0.2, 0.25) is 0 Å². The summed E-state index contributed by atoms with van der Waals surface area (Å²) in [6.45, 7) is 5.54. The van der Waals surface area contributed by atoms with Crippen LogP contribution in [0, 0.1) is 6.92 Å². The Morgan fingerprint density at radius 3 is 2.32 bits per heavy atom. The van der Waals surface area contributed by atoms with Crippen molar-refractivity contribution in [3.05, 3.63) is 76.3 Å². The first kappa shape index (κ1) is 24.9. The van der Waals surface area contributed by atoms with Crippen LogP contribution < -0.4 is 9.64 Å². The average Bonchev–Trinajstić information content (AvgIpc) is 3.23. The molecule has 0 fully saturated rings. The van der Waals surface area contributed by atoms with Crippen molar-refractivity contribution in [2.24, 2.45) is 0 Å². The van der Waals surface area contributed by atoms with Gasteiger partial charge in [0.2, 0.25) is 0 Å². The maximum atomic E-state index is 13.2. The third-order valence-corrected chi connectivity index (χ3v) is 5.86. The van der Waals surface area contributed by atoms with Crippen molar-refractivity contribution in [2.45, 2.75) is 27.3 Å². The summed E-state index contributed by atoms with van der Waals surface area (Å²) in [5, 5.41) is 0.320. The van der Waals surface area contributed by atoms with Crippen LogP contribution in [0.15, 0.2) is 54.6 Å². The quantitative estimate of drug-likeness (QED) is 0.395. The van der Waals surface area contributed by atoms with E-state index in [1.165, 1.54) is 4.90 Å². The van der Waals surface area contributed by atoms with Gasteiger partial charge in [0.1, 0.15) is 16.2 Å². The van der Waals surface area contributed by atoms with E-state index in [0.717, 1.165) is 16.9 Å². The van der Waals surface area contributed by atoms with E-state index in [2.05, 4.69) is 4.98 Å². The number of benzene rings is 2. The van der Waals surface area contributed by atoms with Gasteiger partial charge in [-0.2, -0.15) is 0 Å². The zero-order valence-corrected chi connectivity index (χ0v) is 20.1. The molecule has 0 radical (unpaired) electrons. The van der Waals surface area contributed by atoms with Crippen molar-refractivity contribution < 1.29 is 28.6 Å². The highest BCUT2D eigenvalue weighted by Gasteiger charge is 2.25. The molecular formula is C25H26N2O6S. The fraction of sp³-hybridized carbons (Fsp3) is 0.280. The van der Waals surface area contributed by atoms with Gasteiger partial charge >= 0.3 is 11.9 Å². The average molecular weight is 483 g/mol. The molecule has 0 atom stereocenters. The second-order valence-electron chi connectivity index (χ2n) is 7.10. The summed E-state index contributed by atoms with van der Waals surface area (Å²) < 4.78 is 15.9. The first-order chi connectivity index (χ1) is 16.4. The monoisotopic (exact) mass is 482 g/mol. The Hall–Kier alpha value is -3.72. The highest BCUT2D eigenvalue weighted by molar-refractivity contribution is 7.17. The molecule has 0 bridgehead atoms. The first-order valence-corrected chi connectivity index (χ1v) is 11.6. The van der Waals surface area contributed by atoms with Crippen molar-refractivity contribution in [3.8, 4) is 5.75 Å². The van der Waals surface area contributed by atoms with E-state index in [9.17, 15) is 14.4 Å². The van der Waals surface area contributed by atoms with Crippen molar-refractivity contribution in [2.75, 3.05) is 24.7 Å². The molecule has 1 amide bonds. The maximum absolute atomic E-state index is 13.2. The van der Waals surface area contributed by atoms with Gasteiger partial charge in [0, 0.05) is 0 Å². The zero-order chi connectivity index (χ0) is 24.5. The van der Waals surface area contributed by atoms with Crippen LogP contribution >= 0.6 is 11.3 Å². The highest BCUT2D eigenvalue weighted by Crippen LogP contribution is 2.28. The van der Waals surface area contributed by atoms with E-state index < -0.39 is 24.5 Å². The highest BCUT2D eigenvalue weighted by atomic mass is 32.1. The van der Waals surface area contributed by atoms with E-state index in [-0.39, 0.29) is 18.7 Å². The number of aryl methyl sites for hydroxylation is 1. The van der Waals surface area contributed by atoms with Crippen LogP contribution in [0.3, 0.4) is 0 Å². The second kappa shape index (κ2) is 11.9. The third-order valence-electron chi connectivity index (χ3n) is 4.70. The molecule has 0 unspecified atom stereocenters. The second-order valence-corrected chi connectivity index (χ2v) is 8.08. The number of hydrogen-bond acceptors (Lipinski definition) is 8. The lowest BCUT2D eigenvalue weighted by molar-refractivity contribution is -0.121. The number of para-hydroxylation sites is 1. The Morgan fingerprint density at radius 1 is 0.912 bits per heavy atom. The number of thiazole rings is 1. The number of hydrogen-bond donors (Lipinski definition) is 0. The van der Waals surface area contributed by atoms with Gasteiger partial charge in [-0.1, -0.05) is 53.8 Å². The summed E-state index contributed by atoms with van der Waals surface area (Å²) in [7, 11) is 0. The fourth-order valence-electron chi connectivity index (χ4n) is 3.11. The number of carbonyl (C=O) groups excluding carboxylic acids is 3. The Kier molecular flexibility index (Phi) is 8.75. The summed E-state index contributed by atoms with van der Waals surface area (Å²) in [6.07, 6.45) is 0. The van der Waals surface area contributed by atoms with E-state index >= 15 is 0 Å². The van der Waals surface area contributed by atoms with Gasteiger partial charge in [-0.05, 0) is 38.5 Å². The van der Waals surface area contributed by atoms with Crippen molar-refractivity contribution in [1.29, 1.82) is 0 Å². The van der Waals surface area contributed by atoms with E-state index in [1.54, 1.807) is 38.1 Å². The number of esters is 2. The SMILES string of the molecule is CCOC(=O)c1sc(N(Cc2ccccc2)C(=O)COC(=O)c2ccccc2OCC)nc1C. The number of amides is 1. The van der Waals surface area contributed by atoms with Gasteiger partial charge in [0.05, 0.1) is 25.5 Å². The molecule has 0 aliphatic rings. The molecule has 9 heteroatoms. The number of nitrogens with zero attached hydrogens (tertiary/aromatic N) is 2. The van der Waals surface area contributed by atoms with Gasteiger partial charge in [-0.3, -0.25) is 9.69 Å². The zero-order valence-electron chi connectivity index (χ0n) is 19.3. The van der Waals surface area contributed by atoms with Gasteiger partial charge in [0.25, 0.3) is 5.91 Å². The fourth-order valence-corrected chi connectivity index (χ4v) is 4.09. The van der Waals surface area contributed by atoms with Crippen LogP contribution in [0.25, 0.3) is 0 Å². The van der Waals surface area contributed by atoms with Crippen LogP contribution in [0.5, 0.6) is 5.75 Å². The predicted molar refractivity (Wildman–Crippen MR) is 128 cm³/mol. The Bertz CT molecular complexity index is 1150. The molecule has 1 aromatic heterocycles. The lowest BCUT2D eigenvalue weighted by atomic mass is 10.2. The molecule has 0 aliphatic heterocycles. The topological polar surface area (TPSA) is 95.0 Å². The van der Waals surface area contributed by atoms with E-state index in [4.69, 9.17) is 14.2 Å². The molecule has 0 saturated heterocycles. The van der Waals surface area contributed by atoms with Gasteiger partial charge in [0.15, 0.2) is 11.7 Å². The number of aromatic nitrogens is 1. The maximum Gasteiger partial charge on any atom is 0.350 e.